The summed E-state index contributed by atoms with van der Waals surface area (Å²) in [6, 6.07) is 0. The maximum Gasteiger partial charge on any atom is 0.279 e. The van der Waals surface area contributed by atoms with Crippen molar-refractivity contribution in [3.05, 3.63) is 0 Å². The van der Waals surface area contributed by atoms with Crippen LogP contribution >= 0.6 is 0 Å². The number of nitrogens with zero attached hydrogens (tertiary/aromatic N) is 1. The molecule has 1 heterocycles. The summed E-state index contributed by atoms with van der Waals surface area (Å²) in [5.41, 5.74) is 0. The lowest BCUT2D eigenvalue weighted by atomic mass is 10.1. The molecule has 112 valence electrons. The van der Waals surface area contributed by atoms with Crippen molar-refractivity contribution in [1.29, 1.82) is 0 Å². The fraction of sp³-hybridized carbons (Fsp3) is 1.00. The molecule has 4 atom stereocenters. The Morgan fingerprint density at radius 2 is 1.89 bits per heavy atom. The number of ether oxygens (including phenoxy) is 1. The molecular formula is C12H24N2O4S. The van der Waals surface area contributed by atoms with E-state index in [0.717, 1.165) is 12.8 Å². The van der Waals surface area contributed by atoms with Gasteiger partial charge in [0.1, 0.15) is 0 Å². The summed E-state index contributed by atoms with van der Waals surface area (Å²) in [6.45, 7) is 4.97. The number of aliphatic hydroxyl groups is 1. The zero-order valence-electron chi connectivity index (χ0n) is 11.6. The van der Waals surface area contributed by atoms with Gasteiger partial charge in [0.05, 0.1) is 18.3 Å². The predicted molar refractivity (Wildman–Crippen MR) is 71.9 cm³/mol. The Balaban J connectivity index is 1.87. The molecule has 2 fully saturated rings. The van der Waals surface area contributed by atoms with Gasteiger partial charge in [0.15, 0.2) is 0 Å². The number of aliphatic hydroxyl groups excluding tert-OH is 1. The Morgan fingerprint density at radius 1 is 1.26 bits per heavy atom. The molecule has 0 aromatic heterocycles. The van der Waals surface area contributed by atoms with Crippen LogP contribution in [0.25, 0.3) is 0 Å². The van der Waals surface area contributed by atoms with E-state index in [-0.39, 0.29) is 24.2 Å². The molecule has 7 heteroatoms. The molecule has 1 aliphatic carbocycles. The van der Waals surface area contributed by atoms with Crippen molar-refractivity contribution < 1.29 is 18.3 Å². The minimum Gasteiger partial charge on any atom is -0.393 e. The lowest BCUT2D eigenvalue weighted by Gasteiger charge is -2.34. The monoisotopic (exact) mass is 292 g/mol. The highest BCUT2D eigenvalue weighted by atomic mass is 32.2. The number of rotatable bonds is 4. The second-order valence-electron chi connectivity index (χ2n) is 5.76. The molecule has 1 aliphatic heterocycles. The normalized spacial score (nSPS) is 37.6. The van der Waals surface area contributed by atoms with Crippen molar-refractivity contribution >= 4 is 10.2 Å². The maximum absolute atomic E-state index is 12.2. The van der Waals surface area contributed by atoms with E-state index >= 15 is 0 Å². The number of hydrogen-bond donors (Lipinski definition) is 2. The van der Waals surface area contributed by atoms with Crippen LogP contribution in [0.3, 0.4) is 0 Å². The van der Waals surface area contributed by atoms with Gasteiger partial charge in [-0.05, 0) is 39.0 Å². The van der Waals surface area contributed by atoms with Gasteiger partial charge in [-0.2, -0.15) is 12.7 Å². The van der Waals surface area contributed by atoms with Crippen LogP contribution in [0.5, 0.6) is 0 Å². The SMILES string of the molecule is CC1CN(S(=O)(=O)NCC2CCC(O)C2)CC(C)O1. The van der Waals surface area contributed by atoms with E-state index in [4.69, 9.17) is 4.74 Å². The topological polar surface area (TPSA) is 78.9 Å². The molecule has 0 spiro atoms. The van der Waals surface area contributed by atoms with Crippen molar-refractivity contribution in [2.75, 3.05) is 19.6 Å². The van der Waals surface area contributed by atoms with Crippen LogP contribution in [-0.2, 0) is 14.9 Å². The standard InChI is InChI=1S/C12H24N2O4S/c1-9-7-14(8-10(2)18-9)19(16,17)13-6-11-3-4-12(15)5-11/h9-13,15H,3-8H2,1-2H3. The summed E-state index contributed by atoms with van der Waals surface area (Å²) >= 11 is 0. The highest BCUT2D eigenvalue weighted by molar-refractivity contribution is 7.87. The largest absolute Gasteiger partial charge is 0.393 e. The second-order valence-corrected chi connectivity index (χ2v) is 7.52. The molecule has 6 nitrogen and oxygen atoms in total. The van der Waals surface area contributed by atoms with Crippen LogP contribution in [0.2, 0.25) is 0 Å². The second kappa shape index (κ2) is 6.05. The van der Waals surface area contributed by atoms with Gasteiger partial charge in [0, 0.05) is 19.6 Å². The number of hydrogen-bond acceptors (Lipinski definition) is 4. The highest BCUT2D eigenvalue weighted by Crippen LogP contribution is 2.25. The van der Waals surface area contributed by atoms with Crippen molar-refractivity contribution in [3.8, 4) is 0 Å². The van der Waals surface area contributed by atoms with E-state index in [1.807, 2.05) is 13.8 Å². The zero-order chi connectivity index (χ0) is 14.0. The van der Waals surface area contributed by atoms with Gasteiger partial charge >= 0.3 is 0 Å². The zero-order valence-corrected chi connectivity index (χ0v) is 12.4. The van der Waals surface area contributed by atoms with Crippen molar-refractivity contribution in [1.82, 2.24) is 9.03 Å². The first-order valence-corrected chi connectivity index (χ1v) is 8.39. The minimum atomic E-state index is -3.43. The van der Waals surface area contributed by atoms with E-state index in [1.165, 1.54) is 4.31 Å². The third kappa shape index (κ3) is 4.13. The minimum absolute atomic E-state index is 0.0753. The Labute approximate surface area is 115 Å². The van der Waals surface area contributed by atoms with Gasteiger partial charge in [-0.25, -0.2) is 4.72 Å². The van der Waals surface area contributed by atoms with Gasteiger partial charge in [0.25, 0.3) is 10.2 Å². The summed E-state index contributed by atoms with van der Waals surface area (Å²) in [5, 5.41) is 9.44. The molecule has 4 unspecified atom stereocenters. The predicted octanol–water partition coefficient (Wildman–Crippen LogP) is 0.0910. The molecule has 1 saturated heterocycles. The van der Waals surface area contributed by atoms with Gasteiger partial charge < -0.3 is 9.84 Å². The summed E-state index contributed by atoms with van der Waals surface area (Å²) < 4.78 is 34.1. The number of morpholine rings is 1. The maximum atomic E-state index is 12.2. The van der Waals surface area contributed by atoms with Crippen LogP contribution in [0, 0.1) is 5.92 Å². The molecule has 2 aliphatic rings. The summed E-state index contributed by atoms with van der Waals surface area (Å²) in [7, 11) is -3.43. The lowest BCUT2D eigenvalue weighted by molar-refractivity contribution is -0.0444. The van der Waals surface area contributed by atoms with Gasteiger partial charge in [-0.15, -0.1) is 0 Å². The quantitative estimate of drug-likeness (QED) is 0.770. The third-order valence-corrected chi connectivity index (χ3v) is 5.30. The Morgan fingerprint density at radius 3 is 2.42 bits per heavy atom. The van der Waals surface area contributed by atoms with Crippen LogP contribution in [0.1, 0.15) is 33.1 Å². The Bertz CT molecular complexity index is 391. The van der Waals surface area contributed by atoms with Crippen molar-refractivity contribution in [3.63, 3.8) is 0 Å². The Hall–Kier alpha value is -0.210. The van der Waals surface area contributed by atoms with Crippen LogP contribution < -0.4 is 4.72 Å². The molecule has 19 heavy (non-hydrogen) atoms. The average molecular weight is 292 g/mol. The molecule has 2 rings (SSSR count). The van der Waals surface area contributed by atoms with Gasteiger partial charge in [-0.3, -0.25) is 0 Å². The van der Waals surface area contributed by atoms with E-state index in [1.54, 1.807) is 0 Å². The summed E-state index contributed by atoms with van der Waals surface area (Å²) in [5.74, 6) is 0.251. The van der Waals surface area contributed by atoms with E-state index < -0.39 is 10.2 Å². The molecule has 0 aromatic rings. The highest BCUT2D eigenvalue weighted by Gasteiger charge is 2.32. The first-order chi connectivity index (χ1) is 8.87. The smallest absolute Gasteiger partial charge is 0.279 e. The first kappa shape index (κ1) is 15.2. The summed E-state index contributed by atoms with van der Waals surface area (Å²) in [4.78, 5) is 0. The van der Waals surface area contributed by atoms with E-state index in [9.17, 15) is 13.5 Å². The fourth-order valence-corrected chi connectivity index (χ4v) is 4.32. The molecular weight excluding hydrogens is 268 g/mol. The van der Waals surface area contributed by atoms with E-state index in [2.05, 4.69) is 4.72 Å². The summed E-state index contributed by atoms with van der Waals surface area (Å²) in [6.07, 6.45) is 1.94. The third-order valence-electron chi connectivity index (χ3n) is 3.79. The number of nitrogens with one attached hydrogen (secondary N) is 1. The van der Waals surface area contributed by atoms with Gasteiger partial charge in [-0.1, -0.05) is 0 Å². The molecule has 2 N–H and O–H groups in total. The van der Waals surface area contributed by atoms with Crippen molar-refractivity contribution in [2.45, 2.75) is 51.4 Å². The molecule has 0 radical (unpaired) electrons. The fourth-order valence-electron chi connectivity index (χ4n) is 2.88. The Kier molecular flexibility index (Phi) is 4.84. The van der Waals surface area contributed by atoms with Gasteiger partial charge in [0.2, 0.25) is 0 Å². The molecule has 0 amide bonds. The van der Waals surface area contributed by atoms with Crippen LogP contribution in [0.15, 0.2) is 0 Å². The molecule has 1 saturated carbocycles. The first-order valence-electron chi connectivity index (χ1n) is 6.95. The lowest BCUT2D eigenvalue weighted by Crippen LogP contribution is -2.52. The van der Waals surface area contributed by atoms with E-state index in [0.29, 0.717) is 26.1 Å². The van der Waals surface area contributed by atoms with Crippen LogP contribution in [-0.4, -0.2) is 55.8 Å². The molecule has 0 aromatic carbocycles. The van der Waals surface area contributed by atoms with Crippen LogP contribution in [0.4, 0.5) is 0 Å². The van der Waals surface area contributed by atoms with Crippen molar-refractivity contribution in [2.24, 2.45) is 5.92 Å². The average Bonchev–Trinajstić information content (AvgIpc) is 2.71. The molecule has 0 bridgehead atoms.